The summed E-state index contributed by atoms with van der Waals surface area (Å²) in [5.41, 5.74) is 3.03. The topological polar surface area (TPSA) is 73.1 Å². The van der Waals surface area contributed by atoms with Crippen molar-refractivity contribution in [2.45, 2.75) is 36.7 Å². The van der Waals surface area contributed by atoms with Crippen LogP contribution in [0.25, 0.3) is 5.69 Å². The maximum atomic E-state index is 13.2. The van der Waals surface area contributed by atoms with Crippen molar-refractivity contribution < 1.29 is 9.53 Å². The van der Waals surface area contributed by atoms with Gasteiger partial charge in [-0.1, -0.05) is 30.0 Å². The summed E-state index contributed by atoms with van der Waals surface area (Å²) in [5.74, 6) is 0.822. The first-order valence-corrected chi connectivity index (χ1v) is 9.97. The molecule has 0 spiro atoms. The normalized spacial score (nSPS) is 16.7. The summed E-state index contributed by atoms with van der Waals surface area (Å²) >= 11 is 1.36. The predicted octanol–water partition coefficient (Wildman–Crippen LogP) is 3.13. The number of aromatic nitrogens is 4. The summed E-state index contributed by atoms with van der Waals surface area (Å²) in [6.07, 6.45) is 0.878. The third-order valence-corrected chi connectivity index (χ3v) is 5.85. The number of fused-ring (bicyclic) bond motifs is 1. The number of benzene rings is 2. The fourth-order valence-electron chi connectivity index (χ4n) is 3.44. The second kappa shape index (κ2) is 7.63. The van der Waals surface area contributed by atoms with Crippen LogP contribution < -0.4 is 9.64 Å². The van der Waals surface area contributed by atoms with Crippen LogP contribution >= 0.6 is 11.8 Å². The number of rotatable bonds is 5. The largest absolute Gasteiger partial charge is 0.497 e. The van der Waals surface area contributed by atoms with Gasteiger partial charge in [0.05, 0.1) is 18.0 Å². The van der Waals surface area contributed by atoms with E-state index in [1.807, 2.05) is 54.3 Å². The molecule has 0 saturated heterocycles. The molecule has 28 heavy (non-hydrogen) atoms. The number of carbonyl (C=O) groups is 1. The number of tetrazole rings is 1. The molecule has 0 bridgehead atoms. The number of nitrogens with zero attached hydrogens (tertiary/aromatic N) is 5. The maximum absolute atomic E-state index is 13.2. The Bertz CT molecular complexity index is 988. The Hall–Kier alpha value is -2.87. The summed E-state index contributed by atoms with van der Waals surface area (Å²) in [4.78, 5) is 15.1. The van der Waals surface area contributed by atoms with Crippen LogP contribution in [0.2, 0.25) is 0 Å². The molecule has 144 valence electrons. The molecular formula is C20H21N5O2S. The lowest BCUT2D eigenvalue weighted by atomic mass is 10.1. The second-order valence-corrected chi connectivity index (χ2v) is 8.03. The quantitative estimate of drug-likeness (QED) is 0.618. The number of amides is 1. The Morgan fingerprint density at radius 1 is 1.21 bits per heavy atom. The molecule has 8 heteroatoms. The summed E-state index contributed by atoms with van der Waals surface area (Å²) in [7, 11) is 1.62. The number of thioether (sulfide) groups is 1. The zero-order valence-electron chi connectivity index (χ0n) is 15.9. The molecule has 0 saturated carbocycles. The van der Waals surface area contributed by atoms with E-state index < -0.39 is 0 Å². The van der Waals surface area contributed by atoms with Gasteiger partial charge in [0.25, 0.3) is 0 Å². The lowest BCUT2D eigenvalue weighted by Crippen LogP contribution is -2.40. The smallest absolute Gasteiger partial charge is 0.240 e. The molecule has 2 atom stereocenters. The average Bonchev–Trinajstić information content (AvgIpc) is 3.30. The van der Waals surface area contributed by atoms with Gasteiger partial charge in [-0.25, -0.2) is 0 Å². The van der Waals surface area contributed by atoms with Crippen molar-refractivity contribution in [2.75, 3.05) is 12.0 Å². The summed E-state index contributed by atoms with van der Waals surface area (Å²) in [6.45, 7) is 3.98. The van der Waals surface area contributed by atoms with Gasteiger partial charge in [0, 0.05) is 11.7 Å². The van der Waals surface area contributed by atoms with E-state index in [1.165, 1.54) is 17.3 Å². The molecule has 1 aliphatic rings. The molecule has 1 aliphatic heterocycles. The summed E-state index contributed by atoms with van der Waals surface area (Å²) in [6, 6.07) is 15.7. The van der Waals surface area contributed by atoms with Crippen LogP contribution in [0.15, 0.2) is 53.7 Å². The van der Waals surface area contributed by atoms with Crippen LogP contribution in [0.1, 0.15) is 19.4 Å². The highest BCUT2D eigenvalue weighted by Crippen LogP contribution is 2.34. The van der Waals surface area contributed by atoms with E-state index in [1.54, 1.807) is 11.8 Å². The number of hydrogen-bond acceptors (Lipinski definition) is 6. The van der Waals surface area contributed by atoms with Gasteiger partial charge in [-0.3, -0.25) is 4.79 Å². The average molecular weight is 395 g/mol. The summed E-state index contributed by atoms with van der Waals surface area (Å²) in [5, 5.41) is 12.2. The molecule has 2 heterocycles. The lowest BCUT2D eigenvalue weighted by molar-refractivity contribution is -0.118. The molecule has 4 rings (SSSR count). The molecule has 3 aromatic rings. The van der Waals surface area contributed by atoms with Crippen molar-refractivity contribution in [2.24, 2.45) is 0 Å². The van der Waals surface area contributed by atoms with Gasteiger partial charge in [-0.05, 0) is 66.6 Å². The Morgan fingerprint density at radius 2 is 1.96 bits per heavy atom. The van der Waals surface area contributed by atoms with Gasteiger partial charge in [0.1, 0.15) is 5.75 Å². The predicted molar refractivity (Wildman–Crippen MR) is 108 cm³/mol. The fraction of sp³-hybridized carbons (Fsp3) is 0.300. The fourth-order valence-corrected chi connectivity index (χ4v) is 4.30. The van der Waals surface area contributed by atoms with E-state index >= 15 is 0 Å². The van der Waals surface area contributed by atoms with Crippen molar-refractivity contribution >= 4 is 23.4 Å². The summed E-state index contributed by atoms with van der Waals surface area (Å²) < 4.78 is 6.83. The third-order valence-electron chi connectivity index (χ3n) is 4.83. The van der Waals surface area contributed by atoms with Gasteiger partial charge in [0.2, 0.25) is 11.1 Å². The van der Waals surface area contributed by atoms with Gasteiger partial charge < -0.3 is 9.64 Å². The van der Waals surface area contributed by atoms with E-state index in [4.69, 9.17) is 4.74 Å². The number of ether oxygens (including phenoxy) is 1. The zero-order valence-corrected chi connectivity index (χ0v) is 16.8. The van der Waals surface area contributed by atoms with E-state index in [2.05, 4.69) is 28.5 Å². The number of carbonyl (C=O) groups excluding carboxylic acids is 1. The molecule has 0 fully saturated rings. The maximum Gasteiger partial charge on any atom is 0.240 e. The highest BCUT2D eigenvalue weighted by molar-refractivity contribution is 8.00. The first kappa shape index (κ1) is 18.5. The second-order valence-electron chi connectivity index (χ2n) is 6.72. The lowest BCUT2D eigenvalue weighted by Gasteiger charge is -2.25. The van der Waals surface area contributed by atoms with Crippen LogP contribution in [0.4, 0.5) is 5.69 Å². The molecule has 1 aromatic heterocycles. The Labute approximate surface area is 167 Å². The highest BCUT2D eigenvalue weighted by Gasteiger charge is 2.34. The van der Waals surface area contributed by atoms with Crippen LogP contribution in [0, 0.1) is 0 Å². The van der Waals surface area contributed by atoms with Crippen LogP contribution in [0.3, 0.4) is 0 Å². The van der Waals surface area contributed by atoms with Crippen LogP contribution in [-0.2, 0) is 11.2 Å². The minimum Gasteiger partial charge on any atom is -0.497 e. The number of methoxy groups -OCH3 is 1. The minimum atomic E-state index is -0.323. The van der Waals surface area contributed by atoms with Gasteiger partial charge >= 0.3 is 0 Å². The minimum absolute atomic E-state index is 0.0618. The molecule has 0 aliphatic carbocycles. The van der Waals surface area contributed by atoms with E-state index in [0.29, 0.717) is 5.16 Å². The Kier molecular flexibility index (Phi) is 5.04. The van der Waals surface area contributed by atoms with Crippen molar-refractivity contribution in [3.05, 3.63) is 54.1 Å². The zero-order chi connectivity index (χ0) is 19.7. The van der Waals surface area contributed by atoms with Gasteiger partial charge in [-0.2, -0.15) is 4.68 Å². The molecule has 2 aromatic carbocycles. The van der Waals surface area contributed by atoms with E-state index in [-0.39, 0.29) is 17.2 Å². The highest BCUT2D eigenvalue weighted by atomic mass is 32.2. The molecule has 0 N–H and O–H groups in total. The van der Waals surface area contributed by atoms with Crippen molar-refractivity contribution in [1.29, 1.82) is 0 Å². The first-order valence-electron chi connectivity index (χ1n) is 9.09. The van der Waals surface area contributed by atoms with Crippen LogP contribution in [-0.4, -0.2) is 44.5 Å². The molecule has 0 radical (unpaired) electrons. The van der Waals surface area contributed by atoms with E-state index in [0.717, 1.165) is 23.5 Å². The molecule has 7 nitrogen and oxygen atoms in total. The standard InChI is InChI=1S/C20H21N5O2S/c1-13-12-15-6-4-5-7-18(15)24(13)19(26)14(2)28-20-21-22-23-25(20)16-8-10-17(27-3)11-9-16/h4-11,13-14H,12H2,1-3H3/t13-,14+/m0/s1. The Balaban J connectivity index is 1.54. The molecular weight excluding hydrogens is 374 g/mol. The number of hydrogen-bond donors (Lipinski definition) is 0. The number of anilines is 1. The SMILES string of the molecule is COc1ccc(-n2nnnc2S[C@H](C)C(=O)N2c3ccccc3C[C@@H]2C)cc1. The van der Waals surface area contributed by atoms with Crippen molar-refractivity contribution in [1.82, 2.24) is 20.2 Å². The third kappa shape index (κ3) is 3.35. The molecule has 1 amide bonds. The van der Waals surface area contributed by atoms with Crippen LogP contribution in [0.5, 0.6) is 5.75 Å². The van der Waals surface area contributed by atoms with E-state index in [9.17, 15) is 4.79 Å². The van der Waals surface area contributed by atoms with Gasteiger partial charge in [-0.15, -0.1) is 5.10 Å². The van der Waals surface area contributed by atoms with Crippen molar-refractivity contribution in [3.63, 3.8) is 0 Å². The monoisotopic (exact) mass is 395 g/mol. The van der Waals surface area contributed by atoms with Gasteiger partial charge in [0.15, 0.2) is 0 Å². The number of para-hydroxylation sites is 1. The van der Waals surface area contributed by atoms with Crippen molar-refractivity contribution in [3.8, 4) is 11.4 Å². The first-order chi connectivity index (χ1) is 13.6. The molecule has 0 unspecified atom stereocenters. The Morgan fingerprint density at radius 3 is 2.71 bits per heavy atom.